The van der Waals surface area contributed by atoms with Gasteiger partial charge in [0.25, 0.3) is 5.91 Å². The maximum absolute atomic E-state index is 12.8. The van der Waals surface area contributed by atoms with Crippen molar-refractivity contribution in [2.45, 2.75) is 13.3 Å². The molecule has 0 bridgehead atoms. The molecule has 0 radical (unpaired) electrons. The van der Waals surface area contributed by atoms with Crippen molar-refractivity contribution in [2.75, 3.05) is 37.3 Å². The number of benzene rings is 2. The van der Waals surface area contributed by atoms with Crippen LogP contribution < -0.4 is 16.0 Å². The fourth-order valence-electron chi connectivity index (χ4n) is 3.35. The van der Waals surface area contributed by atoms with Gasteiger partial charge in [0.2, 0.25) is 0 Å². The van der Waals surface area contributed by atoms with Crippen LogP contribution in [0.25, 0.3) is 0 Å². The number of anilines is 2. The van der Waals surface area contributed by atoms with Crippen LogP contribution in [-0.4, -0.2) is 43.5 Å². The zero-order chi connectivity index (χ0) is 19.2. The number of aryl methyl sites for hydroxylation is 1. The molecule has 142 valence electrons. The number of carbonyl (C=O) groups excluding carboxylic acids is 2. The summed E-state index contributed by atoms with van der Waals surface area (Å²) in [7, 11) is 1.93. The second kappa shape index (κ2) is 8.68. The van der Waals surface area contributed by atoms with Gasteiger partial charge in [0.05, 0.1) is 0 Å². The number of likely N-dealkylation sites (tertiary alicyclic amines) is 1. The third-order valence-corrected chi connectivity index (χ3v) is 4.83. The highest BCUT2D eigenvalue weighted by atomic mass is 16.2. The van der Waals surface area contributed by atoms with E-state index in [1.807, 2.05) is 61.3 Å². The molecule has 0 saturated carbocycles. The van der Waals surface area contributed by atoms with E-state index in [1.54, 1.807) is 6.07 Å². The molecule has 1 fully saturated rings. The summed E-state index contributed by atoms with van der Waals surface area (Å²) in [6, 6.07) is 14.4. The van der Waals surface area contributed by atoms with Crippen molar-refractivity contribution in [3.63, 3.8) is 0 Å². The third kappa shape index (κ3) is 4.86. The first-order chi connectivity index (χ1) is 13.1. The first-order valence-corrected chi connectivity index (χ1v) is 9.24. The molecule has 3 rings (SSSR count). The topological polar surface area (TPSA) is 73.5 Å². The minimum Gasteiger partial charge on any atom is -0.338 e. The molecular formula is C21H26N4O2. The number of nitrogens with zero attached hydrogens (tertiary/aromatic N) is 1. The highest BCUT2D eigenvalue weighted by Crippen LogP contribution is 2.22. The van der Waals surface area contributed by atoms with Gasteiger partial charge >= 0.3 is 6.03 Å². The molecule has 0 aromatic heterocycles. The molecule has 1 saturated heterocycles. The summed E-state index contributed by atoms with van der Waals surface area (Å²) in [6.45, 7) is 4.37. The van der Waals surface area contributed by atoms with Crippen LogP contribution in [0, 0.1) is 12.8 Å². The Bertz CT molecular complexity index is 807. The van der Waals surface area contributed by atoms with Crippen LogP contribution in [0.4, 0.5) is 16.2 Å². The van der Waals surface area contributed by atoms with Crippen LogP contribution in [0.15, 0.2) is 48.5 Å². The van der Waals surface area contributed by atoms with Crippen molar-refractivity contribution in [1.82, 2.24) is 10.2 Å². The van der Waals surface area contributed by atoms with Crippen molar-refractivity contribution in [1.29, 1.82) is 0 Å². The van der Waals surface area contributed by atoms with Crippen LogP contribution >= 0.6 is 0 Å². The number of nitrogens with one attached hydrogen (secondary N) is 3. The summed E-state index contributed by atoms with van der Waals surface area (Å²) in [6.07, 6.45) is 1.02. The van der Waals surface area contributed by atoms with Gasteiger partial charge in [-0.15, -0.1) is 0 Å². The Hall–Kier alpha value is -2.86. The van der Waals surface area contributed by atoms with Crippen molar-refractivity contribution < 1.29 is 9.59 Å². The van der Waals surface area contributed by atoms with E-state index in [0.29, 0.717) is 22.9 Å². The van der Waals surface area contributed by atoms with Crippen molar-refractivity contribution >= 4 is 23.3 Å². The summed E-state index contributed by atoms with van der Waals surface area (Å²) in [5.74, 6) is 0.513. The zero-order valence-electron chi connectivity index (χ0n) is 15.8. The van der Waals surface area contributed by atoms with Crippen LogP contribution in [0.2, 0.25) is 0 Å². The largest absolute Gasteiger partial charge is 0.338 e. The lowest BCUT2D eigenvalue weighted by atomic mass is 10.1. The number of rotatable bonds is 5. The molecule has 0 spiro atoms. The number of hydrogen-bond acceptors (Lipinski definition) is 3. The first-order valence-electron chi connectivity index (χ1n) is 9.24. The zero-order valence-corrected chi connectivity index (χ0v) is 15.8. The fourth-order valence-corrected chi connectivity index (χ4v) is 3.35. The molecule has 1 aliphatic heterocycles. The second-order valence-corrected chi connectivity index (χ2v) is 6.94. The Labute approximate surface area is 159 Å². The summed E-state index contributed by atoms with van der Waals surface area (Å²) < 4.78 is 0. The summed E-state index contributed by atoms with van der Waals surface area (Å²) in [5.41, 5.74) is 2.86. The highest BCUT2D eigenvalue weighted by molar-refractivity contribution is 6.02. The van der Waals surface area contributed by atoms with Gasteiger partial charge in [-0.1, -0.05) is 24.3 Å². The second-order valence-electron chi connectivity index (χ2n) is 6.94. The van der Waals surface area contributed by atoms with E-state index in [2.05, 4.69) is 16.0 Å². The number of para-hydroxylation sites is 1. The summed E-state index contributed by atoms with van der Waals surface area (Å²) in [5, 5.41) is 8.81. The lowest BCUT2D eigenvalue weighted by Gasteiger charge is -2.18. The Balaban J connectivity index is 1.67. The monoisotopic (exact) mass is 366 g/mol. The molecule has 0 aliphatic carbocycles. The van der Waals surface area contributed by atoms with E-state index >= 15 is 0 Å². The van der Waals surface area contributed by atoms with E-state index in [4.69, 9.17) is 0 Å². The SMILES string of the molecule is CNCC1CCN(C(=O)c2ccc(C)c(NC(=O)Nc3ccccc3)c2)C1. The predicted octanol–water partition coefficient (Wildman–Crippen LogP) is 3.32. The van der Waals surface area contributed by atoms with Crippen molar-refractivity contribution in [2.24, 2.45) is 5.92 Å². The van der Waals surface area contributed by atoms with E-state index in [0.717, 1.165) is 31.6 Å². The van der Waals surface area contributed by atoms with Crippen LogP contribution in [-0.2, 0) is 0 Å². The molecule has 3 N–H and O–H groups in total. The molecule has 1 heterocycles. The minimum atomic E-state index is -0.329. The Morgan fingerprint density at radius 3 is 2.63 bits per heavy atom. The fraction of sp³-hybridized carbons (Fsp3) is 0.333. The van der Waals surface area contributed by atoms with Gasteiger partial charge in [0.15, 0.2) is 0 Å². The van der Waals surface area contributed by atoms with Crippen LogP contribution in [0.3, 0.4) is 0 Å². The van der Waals surface area contributed by atoms with E-state index < -0.39 is 0 Å². The highest BCUT2D eigenvalue weighted by Gasteiger charge is 2.26. The molecule has 2 aromatic carbocycles. The Kier molecular flexibility index (Phi) is 6.08. The maximum atomic E-state index is 12.8. The van der Waals surface area contributed by atoms with Gasteiger partial charge < -0.3 is 20.9 Å². The van der Waals surface area contributed by atoms with Gasteiger partial charge in [-0.3, -0.25) is 4.79 Å². The summed E-state index contributed by atoms with van der Waals surface area (Å²) >= 11 is 0. The summed E-state index contributed by atoms with van der Waals surface area (Å²) in [4.78, 5) is 27.0. The number of hydrogen-bond donors (Lipinski definition) is 3. The van der Waals surface area contributed by atoms with Crippen LogP contribution in [0.5, 0.6) is 0 Å². The predicted molar refractivity (Wildman–Crippen MR) is 108 cm³/mol. The Morgan fingerprint density at radius 2 is 1.89 bits per heavy atom. The lowest BCUT2D eigenvalue weighted by Crippen LogP contribution is -2.30. The molecule has 1 aliphatic rings. The number of amides is 3. The molecule has 27 heavy (non-hydrogen) atoms. The van der Waals surface area contributed by atoms with Crippen LogP contribution in [0.1, 0.15) is 22.3 Å². The van der Waals surface area contributed by atoms with E-state index in [1.165, 1.54) is 0 Å². The average Bonchev–Trinajstić information content (AvgIpc) is 3.13. The number of carbonyl (C=O) groups is 2. The standard InChI is InChI=1S/C21H26N4O2/c1-15-8-9-17(20(26)25-11-10-16(14-25)13-22-2)12-19(15)24-21(27)23-18-6-4-3-5-7-18/h3-9,12,16,22H,10-11,13-14H2,1-2H3,(H2,23,24,27). The van der Waals surface area contributed by atoms with Gasteiger partial charge in [-0.2, -0.15) is 0 Å². The molecule has 6 nitrogen and oxygen atoms in total. The molecule has 6 heteroatoms. The molecule has 1 atom stereocenters. The van der Waals surface area contributed by atoms with Gasteiger partial charge in [0, 0.05) is 30.0 Å². The maximum Gasteiger partial charge on any atom is 0.323 e. The first kappa shape index (κ1) is 18.9. The quantitative estimate of drug-likeness (QED) is 0.760. The third-order valence-electron chi connectivity index (χ3n) is 4.83. The molecule has 3 amide bonds. The Morgan fingerprint density at radius 1 is 1.11 bits per heavy atom. The van der Waals surface area contributed by atoms with Crippen molar-refractivity contribution in [3.8, 4) is 0 Å². The smallest absolute Gasteiger partial charge is 0.323 e. The molecule has 2 aromatic rings. The number of urea groups is 1. The van der Waals surface area contributed by atoms with E-state index in [9.17, 15) is 9.59 Å². The minimum absolute atomic E-state index is 0.0140. The van der Waals surface area contributed by atoms with Gasteiger partial charge in [-0.25, -0.2) is 4.79 Å². The van der Waals surface area contributed by atoms with Crippen molar-refractivity contribution in [3.05, 3.63) is 59.7 Å². The molecule has 1 unspecified atom stereocenters. The average molecular weight is 366 g/mol. The normalized spacial score (nSPS) is 16.2. The lowest BCUT2D eigenvalue weighted by molar-refractivity contribution is 0.0787. The van der Waals surface area contributed by atoms with Gasteiger partial charge in [0.1, 0.15) is 0 Å². The van der Waals surface area contributed by atoms with Gasteiger partial charge in [-0.05, 0) is 62.7 Å². The van der Waals surface area contributed by atoms with E-state index in [-0.39, 0.29) is 11.9 Å². The molecular weight excluding hydrogens is 340 g/mol.